The number of nitrogens with zero attached hydrogens (tertiary/aromatic N) is 1. The normalized spacial score (nSPS) is 10.5. The van der Waals surface area contributed by atoms with E-state index >= 15 is 0 Å². The van der Waals surface area contributed by atoms with E-state index in [1.54, 1.807) is 31.3 Å². The highest BCUT2D eigenvalue weighted by Crippen LogP contribution is 2.27. The molecule has 0 atom stereocenters. The number of ether oxygens (including phenoxy) is 1. The fraction of sp³-hybridized carbons (Fsp3) is 0.250. The van der Waals surface area contributed by atoms with Gasteiger partial charge in [-0.3, -0.25) is 14.6 Å². The summed E-state index contributed by atoms with van der Waals surface area (Å²) in [6.45, 7) is 2.44. The molecule has 1 aromatic carbocycles. The summed E-state index contributed by atoms with van der Waals surface area (Å²) >= 11 is 0. The molecule has 0 radical (unpaired) electrons. The van der Waals surface area contributed by atoms with Gasteiger partial charge in [-0.1, -0.05) is 12.1 Å². The Morgan fingerprint density at radius 1 is 1.47 bits per heavy atom. The summed E-state index contributed by atoms with van der Waals surface area (Å²) in [4.78, 5) is 11.7. The van der Waals surface area contributed by atoms with Crippen molar-refractivity contribution in [3.63, 3.8) is 0 Å². The first-order chi connectivity index (χ1) is 8.13. The van der Waals surface area contributed by atoms with Crippen LogP contribution in [0.4, 0.5) is 0 Å². The maximum absolute atomic E-state index is 11.7. The lowest BCUT2D eigenvalue weighted by Gasteiger charge is -2.04. The number of rotatable bonds is 3. The molecule has 0 bridgehead atoms. The number of aromatic amines is 1. The first-order valence-electron chi connectivity index (χ1n) is 5.34. The molecule has 0 amide bonds. The van der Waals surface area contributed by atoms with Crippen LogP contribution in [-0.4, -0.2) is 21.5 Å². The predicted octanol–water partition coefficient (Wildman–Crippen LogP) is 1.48. The molecule has 0 fully saturated rings. The van der Waals surface area contributed by atoms with E-state index in [0.29, 0.717) is 17.9 Å². The van der Waals surface area contributed by atoms with Crippen molar-refractivity contribution in [2.75, 3.05) is 6.61 Å². The lowest BCUT2D eigenvalue weighted by molar-refractivity contribution is 0.340. The molecule has 0 aliphatic heterocycles. The number of aromatic nitrogens is 2. The zero-order chi connectivity index (χ0) is 12.4. The third kappa shape index (κ3) is 2.04. The zero-order valence-corrected chi connectivity index (χ0v) is 9.73. The van der Waals surface area contributed by atoms with Crippen LogP contribution in [0.25, 0.3) is 11.1 Å². The smallest absolute Gasteiger partial charge is 0.275 e. The second-order valence-electron chi connectivity index (χ2n) is 3.66. The van der Waals surface area contributed by atoms with Crippen molar-refractivity contribution in [1.29, 1.82) is 0 Å². The van der Waals surface area contributed by atoms with Crippen molar-refractivity contribution in [1.82, 2.24) is 9.78 Å². The Balaban J connectivity index is 2.53. The van der Waals surface area contributed by atoms with Gasteiger partial charge in [0.1, 0.15) is 11.3 Å². The second kappa shape index (κ2) is 4.37. The van der Waals surface area contributed by atoms with Gasteiger partial charge in [0.2, 0.25) is 5.88 Å². The third-order valence-electron chi connectivity index (χ3n) is 2.47. The topological polar surface area (TPSA) is 67.2 Å². The van der Waals surface area contributed by atoms with Gasteiger partial charge in [-0.25, -0.2) is 0 Å². The number of hydrogen-bond acceptors (Lipinski definition) is 3. The number of aryl methyl sites for hydroxylation is 1. The summed E-state index contributed by atoms with van der Waals surface area (Å²) < 4.78 is 6.64. The van der Waals surface area contributed by atoms with E-state index in [2.05, 4.69) is 5.10 Å². The van der Waals surface area contributed by atoms with Crippen molar-refractivity contribution in [3.05, 3.63) is 34.6 Å². The molecule has 90 valence electrons. The number of H-pyrrole nitrogens is 1. The average Bonchev–Trinajstić information content (AvgIpc) is 2.54. The fourth-order valence-corrected chi connectivity index (χ4v) is 1.70. The van der Waals surface area contributed by atoms with E-state index in [4.69, 9.17) is 4.74 Å². The van der Waals surface area contributed by atoms with Crippen LogP contribution in [0.3, 0.4) is 0 Å². The summed E-state index contributed by atoms with van der Waals surface area (Å²) in [5.41, 5.74) is 0.572. The number of aromatic hydroxyl groups is 1. The van der Waals surface area contributed by atoms with Crippen LogP contribution in [0.2, 0.25) is 0 Å². The van der Waals surface area contributed by atoms with E-state index in [-0.39, 0.29) is 17.0 Å². The van der Waals surface area contributed by atoms with Crippen LogP contribution in [0.15, 0.2) is 29.1 Å². The average molecular weight is 234 g/mol. The van der Waals surface area contributed by atoms with Crippen LogP contribution in [-0.2, 0) is 7.05 Å². The minimum absolute atomic E-state index is 0.0800. The van der Waals surface area contributed by atoms with Gasteiger partial charge in [-0.2, -0.15) is 0 Å². The Morgan fingerprint density at radius 3 is 2.82 bits per heavy atom. The van der Waals surface area contributed by atoms with Gasteiger partial charge < -0.3 is 9.84 Å². The van der Waals surface area contributed by atoms with Crippen molar-refractivity contribution >= 4 is 0 Å². The minimum Gasteiger partial charge on any atom is -0.494 e. The molecule has 0 spiro atoms. The van der Waals surface area contributed by atoms with Crippen LogP contribution >= 0.6 is 0 Å². The van der Waals surface area contributed by atoms with E-state index in [1.807, 2.05) is 6.92 Å². The van der Waals surface area contributed by atoms with Crippen LogP contribution < -0.4 is 10.3 Å². The molecule has 2 aromatic rings. The van der Waals surface area contributed by atoms with Gasteiger partial charge in [0.05, 0.1) is 6.61 Å². The van der Waals surface area contributed by atoms with E-state index < -0.39 is 0 Å². The van der Waals surface area contributed by atoms with E-state index in [0.717, 1.165) is 0 Å². The summed E-state index contributed by atoms with van der Waals surface area (Å²) in [5.74, 6) is 0.594. The first kappa shape index (κ1) is 11.3. The van der Waals surface area contributed by atoms with E-state index in [9.17, 15) is 9.90 Å². The number of benzene rings is 1. The molecule has 1 aromatic heterocycles. The van der Waals surface area contributed by atoms with Crippen LogP contribution in [0, 0.1) is 0 Å². The van der Waals surface area contributed by atoms with Crippen molar-refractivity contribution in [3.8, 4) is 22.8 Å². The molecular weight excluding hydrogens is 220 g/mol. The molecule has 0 aliphatic rings. The van der Waals surface area contributed by atoms with Gasteiger partial charge in [0.25, 0.3) is 5.56 Å². The van der Waals surface area contributed by atoms with Crippen LogP contribution in [0.1, 0.15) is 6.92 Å². The largest absolute Gasteiger partial charge is 0.494 e. The van der Waals surface area contributed by atoms with Crippen molar-refractivity contribution in [2.45, 2.75) is 6.92 Å². The molecule has 0 aliphatic carbocycles. The molecule has 0 saturated heterocycles. The SMILES string of the molecule is CCOc1cccc(-c2c(O)n(C)[nH]c2=O)c1. The summed E-state index contributed by atoms with van der Waals surface area (Å²) in [6, 6.07) is 7.08. The fourth-order valence-electron chi connectivity index (χ4n) is 1.70. The van der Waals surface area contributed by atoms with Gasteiger partial charge >= 0.3 is 0 Å². The molecule has 5 heteroatoms. The van der Waals surface area contributed by atoms with E-state index in [1.165, 1.54) is 4.68 Å². The monoisotopic (exact) mass is 234 g/mol. The lowest BCUT2D eigenvalue weighted by Crippen LogP contribution is -2.03. The molecule has 2 N–H and O–H groups in total. The Morgan fingerprint density at radius 2 is 2.24 bits per heavy atom. The maximum Gasteiger partial charge on any atom is 0.275 e. The summed E-state index contributed by atoms with van der Waals surface area (Å²) in [6.07, 6.45) is 0. The van der Waals surface area contributed by atoms with Gasteiger partial charge in [-0.15, -0.1) is 0 Å². The van der Waals surface area contributed by atoms with Gasteiger partial charge in [-0.05, 0) is 24.6 Å². The van der Waals surface area contributed by atoms with Crippen LogP contribution in [0.5, 0.6) is 11.6 Å². The van der Waals surface area contributed by atoms with Gasteiger partial charge in [0, 0.05) is 7.05 Å². The first-order valence-corrected chi connectivity index (χ1v) is 5.34. The molecule has 5 nitrogen and oxygen atoms in total. The Kier molecular flexibility index (Phi) is 2.91. The molecule has 17 heavy (non-hydrogen) atoms. The van der Waals surface area contributed by atoms with Crippen molar-refractivity contribution < 1.29 is 9.84 Å². The van der Waals surface area contributed by atoms with Gasteiger partial charge in [0.15, 0.2) is 0 Å². The Bertz CT molecular complexity index is 584. The molecule has 0 unspecified atom stereocenters. The second-order valence-corrected chi connectivity index (χ2v) is 3.66. The Hall–Kier alpha value is -2.17. The summed E-state index contributed by atoms with van der Waals surface area (Å²) in [5, 5.41) is 12.3. The highest BCUT2D eigenvalue weighted by Gasteiger charge is 2.14. The molecular formula is C12H14N2O3. The standard InChI is InChI=1S/C12H14N2O3/c1-3-17-9-6-4-5-8(7-9)10-11(15)13-14(2)12(10)16/h4-7,16H,3H2,1-2H3,(H,13,15). The highest BCUT2D eigenvalue weighted by molar-refractivity contribution is 5.68. The number of hydrogen-bond donors (Lipinski definition) is 2. The minimum atomic E-state index is -0.321. The third-order valence-corrected chi connectivity index (χ3v) is 2.47. The quantitative estimate of drug-likeness (QED) is 0.845. The lowest BCUT2D eigenvalue weighted by atomic mass is 10.1. The highest BCUT2D eigenvalue weighted by atomic mass is 16.5. The predicted molar refractivity (Wildman–Crippen MR) is 64.3 cm³/mol. The maximum atomic E-state index is 11.7. The number of nitrogens with one attached hydrogen (secondary N) is 1. The summed E-state index contributed by atoms with van der Waals surface area (Å²) in [7, 11) is 1.58. The molecule has 2 rings (SSSR count). The Labute approximate surface area is 98.3 Å². The zero-order valence-electron chi connectivity index (χ0n) is 9.73. The molecule has 1 heterocycles. The van der Waals surface area contributed by atoms with Crippen molar-refractivity contribution in [2.24, 2.45) is 7.05 Å². The molecule has 0 saturated carbocycles.